The van der Waals surface area contributed by atoms with Gasteiger partial charge in [-0.05, 0) is 37.6 Å². The zero-order valence-electron chi connectivity index (χ0n) is 14.0. The lowest BCUT2D eigenvalue weighted by Crippen LogP contribution is -2.22. The third kappa shape index (κ3) is 2.61. The number of hydrogen-bond donors (Lipinski definition) is 0. The number of rotatable bonds is 2. The monoisotopic (exact) mass is 344 g/mol. The van der Waals surface area contributed by atoms with E-state index in [9.17, 15) is 9.59 Å². The number of carbonyl (C=O) groups is 2. The summed E-state index contributed by atoms with van der Waals surface area (Å²) >= 11 is 1.55. The fourth-order valence-corrected chi connectivity index (χ4v) is 4.35. The van der Waals surface area contributed by atoms with Crippen LogP contribution in [-0.2, 0) is 0 Å². The summed E-state index contributed by atoms with van der Waals surface area (Å²) in [5.41, 5.74) is 4.21. The molecule has 0 bridgehead atoms. The maximum Gasteiger partial charge on any atom is 0.195 e. The average molecular weight is 344 g/mol. The van der Waals surface area contributed by atoms with Gasteiger partial charge in [0.1, 0.15) is 0 Å². The van der Waals surface area contributed by atoms with Gasteiger partial charge in [-0.3, -0.25) is 9.59 Å². The van der Waals surface area contributed by atoms with E-state index >= 15 is 0 Å². The standard InChI is InChI=1S/C22H16O2S/c1-13-6-5-7-15(12-13)25-22-14(2)10-11-18-19(22)21(24)17-9-4-3-8-16(17)20(18)23/h3-12H,1-2H3. The quantitative estimate of drug-likeness (QED) is 0.499. The van der Waals surface area contributed by atoms with Crippen LogP contribution in [0.2, 0.25) is 0 Å². The van der Waals surface area contributed by atoms with Gasteiger partial charge in [-0.1, -0.05) is 59.8 Å². The minimum atomic E-state index is -0.0729. The van der Waals surface area contributed by atoms with Crippen molar-refractivity contribution in [1.82, 2.24) is 0 Å². The van der Waals surface area contributed by atoms with E-state index in [1.165, 1.54) is 5.56 Å². The summed E-state index contributed by atoms with van der Waals surface area (Å²) in [5.74, 6) is -0.139. The third-order valence-corrected chi connectivity index (χ3v) is 5.67. The maximum atomic E-state index is 13.1. The summed E-state index contributed by atoms with van der Waals surface area (Å²) in [4.78, 5) is 27.9. The van der Waals surface area contributed by atoms with Gasteiger partial charge in [-0.2, -0.15) is 0 Å². The van der Waals surface area contributed by atoms with Gasteiger partial charge >= 0.3 is 0 Å². The van der Waals surface area contributed by atoms with Gasteiger partial charge < -0.3 is 0 Å². The molecule has 2 nitrogen and oxygen atoms in total. The highest BCUT2D eigenvalue weighted by Crippen LogP contribution is 2.39. The molecule has 122 valence electrons. The van der Waals surface area contributed by atoms with Crippen molar-refractivity contribution in [3.8, 4) is 0 Å². The molecule has 0 N–H and O–H groups in total. The molecule has 0 saturated carbocycles. The van der Waals surface area contributed by atoms with Crippen molar-refractivity contribution < 1.29 is 9.59 Å². The summed E-state index contributed by atoms with van der Waals surface area (Å²) in [6.07, 6.45) is 0. The van der Waals surface area contributed by atoms with Crippen LogP contribution in [-0.4, -0.2) is 11.6 Å². The Morgan fingerprint density at radius 2 is 1.44 bits per heavy atom. The fourth-order valence-electron chi connectivity index (χ4n) is 3.19. The topological polar surface area (TPSA) is 34.1 Å². The van der Waals surface area contributed by atoms with Gasteiger partial charge in [0.25, 0.3) is 0 Å². The molecule has 0 radical (unpaired) electrons. The molecule has 3 aromatic carbocycles. The number of ketones is 2. The second-order valence-electron chi connectivity index (χ2n) is 6.26. The van der Waals surface area contributed by atoms with E-state index in [4.69, 9.17) is 0 Å². The summed E-state index contributed by atoms with van der Waals surface area (Å²) in [6, 6.07) is 18.9. The molecule has 0 saturated heterocycles. The number of hydrogen-bond acceptors (Lipinski definition) is 3. The molecule has 0 spiro atoms. The Balaban J connectivity index is 1.90. The summed E-state index contributed by atoms with van der Waals surface area (Å²) in [7, 11) is 0. The van der Waals surface area contributed by atoms with Gasteiger partial charge in [0.2, 0.25) is 0 Å². The molecule has 25 heavy (non-hydrogen) atoms. The maximum absolute atomic E-state index is 13.1. The molecule has 0 amide bonds. The molecule has 1 aliphatic carbocycles. The smallest absolute Gasteiger partial charge is 0.195 e. The van der Waals surface area contributed by atoms with Crippen molar-refractivity contribution in [2.45, 2.75) is 23.6 Å². The first-order valence-corrected chi connectivity index (χ1v) is 8.94. The van der Waals surface area contributed by atoms with Crippen molar-refractivity contribution in [1.29, 1.82) is 0 Å². The van der Waals surface area contributed by atoms with E-state index in [0.29, 0.717) is 22.3 Å². The highest BCUT2D eigenvalue weighted by atomic mass is 32.2. The third-order valence-electron chi connectivity index (χ3n) is 4.45. The first-order chi connectivity index (χ1) is 12.1. The van der Waals surface area contributed by atoms with Crippen LogP contribution in [0.5, 0.6) is 0 Å². The molecular formula is C22H16O2S. The minimum absolute atomic E-state index is 0.0657. The Morgan fingerprint density at radius 3 is 2.16 bits per heavy atom. The van der Waals surface area contributed by atoms with Crippen LogP contribution in [0.3, 0.4) is 0 Å². The molecule has 0 heterocycles. The Labute approximate surface area is 150 Å². The Kier molecular flexibility index (Phi) is 3.81. The van der Waals surface area contributed by atoms with Crippen LogP contribution in [0, 0.1) is 13.8 Å². The van der Waals surface area contributed by atoms with Crippen molar-refractivity contribution in [3.05, 3.63) is 94.0 Å². The Hall–Kier alpha value is -2.65. The highest BCUT2D eigenvalue weighted by Gasteiger charge is 2.32. The van der Waals surface area contributed by atoms with Crippen LogP contribution in [0.1, 0.15) is 43.0 Å². The molecule has 0 aromatic heterocycles. The first kappa shape index (κ1) is 15.9. The van der Waals surface area contributed by atoms with E-state index in [1.807, 2.05) is 38.1 Å². The normalized spacial score (nSPS) is 12.7. The number of fused-ring (bicyclic) bond motifs is 2. The Morgan fingerprint density at radius 1 is 0.720 bits per heavy atom. The van der Waals surface area contributed by atoms with E-state index in [0.717, 1.165) is 15.4 Å². The van der Waals surface area contributed by atoms with Gasteiger partial charge in [0.05, 0.1) is 0 Å². The highest BCUT2D eigenvalue weighted by molar-refractivity contribution is 7.99. The van der Waals surface area contributed by atoms with Gasteiger partial charge in [0.15, 0.2) is 11.6 Å². The largest absolute Gasteiger partial charge is 0.289 e. The molecule has 4 rings (SSSR count). The average Bonchev–Trinajstić information content (AvgIpc) is 2.61. The van der Waals surface area contributed by atoms with E-state index in [2.05, 4.69) is 6.07 Å². The van der Waals surface area contributed by atoms with E-state index in [1.54, 1.807) is 42.1 Å². The first-order valence-electron chi connectivity index (χ1n) is 8.13. The van der Waals surface area contributed by atoms with Crippen molar-refractivity contribution in [2.75, 3.05) is 0 Å². The van der Waals surface area contributed by atoms with E-state index in [-0.39, 0.29) is 11.6 Å². The predicted molar refractivity (Wildman–Crippen MR) is 99.8 cm³/mol. The summed E-state index contributed by atoms with van der Waals surface area (Å²) in [5, 5.41) is 0. The molecular weight excluding hydrogens is 328 g/mol. The molecule has 3 heteroatoms. The van der Waals surface area contributed by atoms with Crippen LogP contribution in [0.25, 0.3) is 0 Å². The lowest BCUT2D eigenvalue weighted by atomic mass is 9.83. The van der Waals surface area contributed by atoms with Crippen molar-refractivity contribution >= 4 is 23.3 Å². The second kappa shape index (κ2) is 6.01. The molecule has 0 fully saturated rings. The van der Waals surface area contributed by atoms with Crippen LogP contribution in [0.4, 0.5) is 0 Å². The molecule has 3 aromatic rings. The van der Waals surface area contributed by atoms with Crippen LogP contribution in [0.15, 0.2) is 70.5 Å². The summed E-state index contributed by atoms with van der Waals surface area (Å²) < 4.78 is 0. The predicted octanol–water partition coefficient (Wildman–Crippen LogP) is 5.23. The zero-order chi connectivity index (χ0) is 17.6. The van der Waals surface area contributed by atoms with Gasteiger partial charge in [-0.15, -0.1) is 0 Å². The van der Waals surface area contributed by atoms with Crippen molar-refractivity contribution in [2.24, 2.45) is 0 Å². The van der Waals surface area contributed by atoms with Gasteiger partial charge in [-0.25, -0.2) is 0 Å². The van der Waals surface area contributed by atoms with Crippen molar-refractivity contribution in [3.63, 3.8) is 0 Å². The SMILES string of the molecule is Cc1cccc(Sc2c(C)ccc3c2C(=O)c2ccccc2C3=O)c1. The lowest BCUT2D eigenvalue weighted by molar-refractivity contribution is 0.0977. The number of aryl methyl sites for hydroxylation is 2. The molecule has 0 atom stereocenters. The second-order valence-corrected chi connectivity index (χ2v) is 7.34. The van der Waals surface area contributed by atoms with Gasteiger partial charge in [0, 0.05) is 32.0 Å². The number of benzene rings is 3. The zero-order valence-corrected chi connectivity index (χ0v) is 14.8. The lowest BCUT2D eigenvalue weighted by Gasteiger charge is -2.21. The number of carbonyl (C=O) groups excluding carboxylic acids is 2. The summed E-state index contributed by atoms with van der Waals surface area (Å²) in [6.45, 7) is 4.03. The molecule has 0 unspecified atom stereocenters. The van der Waals surface area contributed by atoms with Crippen LogP contribution >= 0.6 is 11.8 Å². The fraction of sp³-hybridized carbons (Fsp3) is 0.0909. The molecule has 0 aliphatic heterocycles. The minimum Gasteiger partial charge on any atom is -0.289 e. The molecule has 1 aliphatic rings. The van der Waals surface area contributed by atoms with Crippen LogP contribution < -0.4 is 0 Å². The van der Waals surface area contributed by atoms with E-state index < -0.39 is 0 Å². The Bertz CT molecular complexity index is 1030.